The predicted octanol–water partition coefficient (Wildman–Crippen LogP) is 4.34. The quantitative estimate of drug-likeness (QED) is 0.444. The van der Waals surface area contributed by atoms with Crippen molar-refractivity contribution in [2.75, 3.05) is 19.1 Å². The molecule has 0 bridgehead atoms. The van der Waals surface area contributed by atoms with Gasteiger partial charge in [-0.25, -0.2) is 0 Å². The molecule has 1 amide bonds. The Morgan fingerprint density at radius 3 is 2.45 bits per heavy atom. The second kappa shape index (κ2) is 7.70. The van der Waals surface area contributed by atoms with Crippen LogP contribution in [0.1, 0.15) is 43.9 Å². The molecule has 33 heavy (non-hydrogen) atoms. The van der Waals surface area contributed by atoms with Crippen LogP contribution < -0.4 is 19.8 Å². The highest BCUT2D eigenvalue weighted by Crippen LogP contribution is 2.46. The molecule has 1 unspecified atom stereocenters. The van der Waals surface area contributed by atoms with E-state index in [1.807, 2.05) is 13.8 Å². The van der Waals surface area contributed by atoms with Gasteiger partial charge in [-0.05, 0) is 50.1 Å². The van der Waals surface area contributed by atoms with Crippen molar-refractivity contribution in [1.29, 1.82) is 0 Å². The lowest BCUT2D eigenvalue weighted by Gasteiger charge is -2.24. The van der Waals surface area contributed by atoms with Crippen molar-refractivity contribution in [1.82, 2.24) is 10.2 Å². The molecule has 0 saturated carbocycles. The number of benzene rings is 2. The number of carbonyl (C=O) groups is 1. The van der Waals surface area contributed by atoms with E-state index in [2.05, 4.69) is 10.2 Å². The summed E-state index contributed by atoms with van der Waals surface area (Å²) >= 11 is 1.26. The number of hydrogen-bond donors (Lipinski definition) is 0. The molecule has 1 atom stereocenters. The molecule has 9 heteroatoms. The molecule has 8 nitrogen and oxygen atoms in total. The Morgan fingerprint density at radius 1 is 1.03 bits per heavy atom. The zero-order chi connectivity index (χ0) is 23.4. The number of hydrogen-bond acceptors (Lipinski definition) is 8. The number of rotatable bonds is 4. The number of ether oxygens (including phenoxy) is 2. The average molecular weight is 464 g/mol. The average Bonchev–Trinajstić information content (AvgIpc) is 3.35. The number of nitrogens with zero attached hydrogens (tertiary/aromatic N) is 3. The highest BCUT2D eigenvalue weighted by Gasteiger charge is 2.46. The third-order valence-corrected chi connectivity index (χ3v) is 6.77. The van der Waals surface area contributed by atoms with E-state index in [-0.39, 0.29) is 16.8 Å². The van der Waals surface area contributed by atoms with Crippen molar-refractivity contribution in [3.63, 3.8) is 0 Å². The highest BCUT2D eigenvalue weighted by atomic mass is 32.1. The van der Waals surface area contributed by atoms with E-state index in [1.54, 1.807) is 37.3 Å². The molecule has 1 aliphatic heterocycles. The summed E-state index contributed by atoms with van der Waals surface area (Å²) in [6.07, 6.45) is 0. The lowest BCUT2D eigenvalue weighted by molar-refractivity contribution is 0.0970. The van der Waals surface area contributed by atoms with E-state index in [4.69, 9.17) is 13.9 Å². The molecule has 2 aromatic heterocycles. The van der Waals surface area contributed by atoms with E-state index in [9.17, 15) is 9.59 Å². The Bertz CT molecular complexity index is 1490. The monoisotopic (exact) mass is 463 g/mol. The van der Waals surface area contributed by atoms with Gasteiger partial charge in [0, 0.05) is 5.56 Å². The minimum Gasteiger partial charge on any atom is -0.493 e. The van der Waals surface area contributed by atoms with Crippen LogP contribution >= 0.6 is 11.3 Å². The fraction of sp³-hybridized carbons (Fsp3) is 0.250. The maximum absolute atomic E-state index is 13.8. The Hall–Kier alpha value is -3.72. The van der Waals surface area contributed by atoms with Crippen molar-refractivity contribution in [3.8, 4) is 11.5 Å². The molecule has 5 rings (SSSR count). The number of anilines is 1. The molecule has 0 aliphatic carbocycles. The number of aryl methyl sites for hydroxylation is 3. The largest absolute Gasteiger partial charge is 0.493 e. The van der Waals surface area contributed by atoms with Gasteiger partial charge in [0.15, 0.2) is 16.9 Å². The Labute approximate surface area is 193 Å². The van der Waals surface area contributed by atoms with Gasteiger partial charge in [0.1, 0.15) is 16.6 Å². The number of fused-ring (bicyclic) bond motifs is 2. The van der Waals surface area contributed by atoms with Gasteiger partial charge in [-0.3, -0.25) is 14.5 Å². The fourth-order valence-corrected chi connectivity index (χ4v) is 4.94. The van der Waals surface area contributed by atoms with Gasteiger partial charge in [-0.15, -0.1) is 10.2 Å². The third kappa shape index (κ3) is 3.11. The number of para-hydroxylation sites is 1. The van der Waals surface area contributed by atoms with Crippen LogP contribution in [0.15, 0.2) is 39.5 Å². The van der Waals surface area contributed by atoms with Crippen LogP contribution in [0.2, 0.25) is 0 Å². The molecular weight excluding hydrogens is 442 g/mol. The smallest absolute Gasteiger partial charge is 0.297 e. The molecule has 0 N–H and O–H groups in total. The number of methoxy groups -OCH3 is 2. The number of carbonyl (C=O) groups excluding carboxylic acids is 1. The van der Waals surface area contributed by atoms with Gasteiger partial charge in [-0.2, -0.15) is 0 Å². The molecule has 168 valence electrons. The molecule has 0 spiro atoms. The SMILES string of the molecule is COc1cccc(C2c3c(oc4cc(C)c(C)cc4c3=O)C(=O)N2c2nnc(C)s2)c1OC. The number of amides is 1. The molecular formula is C24H21N3O5S. The third-order valence-electron chi connectivity index (χ3n) is 5.94. The first kappa shape index (κ1) is 21.1. The zero-order valence-corrected chi connectivity index (χ0v) is 19.6. The van der Waals surface area contributed by atoms with Crippen molar-refractivity contribution < 1.29 is 18.7 Å². The maximum Gasteiger partial charge on any atom is 0.297 e. The molecule has 0 saturated heterocycles. The van der Waals surface area contributed by atoms with Crippen LogP contribution in [-0.2, 0) is 0 Å². The Morgan fingerprint density at radius 2 is 1.79 bits per heavy atom. The van der Waals surface area contributed by atoms with Crippen LogP contribution in [0.4, 0.5) is 5.13 Å². The first-order chi connectivity index (χ1) is 15.8. The van der Waals surface area contributed by atoms with Gasteiger partial charge in [0.2, 0.25) is 10.9 Å². The van der Waals surface area contributed by atoms with Gasteiger partial charge in [0.05, 0.1) is 25.2 Å². The lowest BCUT2D eigenvalue weighted by Crippen LogP contribution is -2.29. The summed E-state index contributed by atoms with van der Waals surface area (Å²) in [5, 5.41) is 9.75. The van der Waals surface area contributed by atoms with Crippen molar-refractivity contribution in [2.45, 2.75) is 26.8 Å². The second-order valence-corrected chi connectivity index (χ2v) is 9.03. The summed E-state index contributed by atoms with van der Waals surface area (Å²) in [4.78, 5) is 28.9. The summed E-state index contributed by atoms with van der Waals surface area (Å²) in [7, 11) is 3.06. The first-order valence-corrected chi connectivity index (χ1v) is 11.1. The normalized spacial score (nSPS) is 15.2. The summed E-state index contributed by atoms with van der Waals surface area (Å²) < 4.78 is 17.2. The van der Waals surface area contributed by atoms with E-state index in [0.717, 1.165) is 11.1 Å². The van der Waals surface area contributed by atoms with Gasteiger partial charge >= 0.3 is 0 Å². The summed E-state index contributed by atoms with van der Waals surface area (Å²) in [5.74, 6) is 0.462. The predicted molar refractivity (Wildman–Crippen MR) is 125 cm³/mol. The zero-order valence-electron chi connectivity index (χ0n) is 18.8. The molecule has 0 radical (unpaired) electrons. The Kier molecular flexibility index (Phi) is 4.93. The van der Waals surface area contributed by atoms with Crippen LogP contribution in [-0.4, -0.2) is 30.3 Å². The first-order valence-electron chi connectivity index (χ1n) is 10.3. The van der Waals surface area contributed by atoms with Crippen LogP contribution in [0.5, 0.6) is 11.5 Å². The molecule has 3 heterocycles. The lowest BCUT2D eigenvalue weighted by atomic mass is 9.96. The van der Waals surface area contributed by atoms with Gasteiger partial charge in [-0.1, -0.05) is 23.5 Å². The van der Waals surface area contributed by atoms with Crippen LogP contribution in [0.3, 0.4) is 0 Å². The second-order valence-electron chi connectivity index (χ2n) is 7.87. The maximum atomic E-state index is 13.8. The summed E-state index contributed by atoms with van der Waals surface area (Å²) in [6.45, 7) is 5.68. The highest BCUT2D eigenvalue weighted by molar-refractivity contribution is 7.15. The van der Waals surface area contributed by atoms with E-state index < -0.39 is 11.9 Å². The molecule has 4 aromatic rings. The van der Waals surface area contributed by atoms with Gasteiger partial charge in [0.25, 0.3) is 5.91 Å². The minimum atomic E-state index is -0.813. The van der Waals surface area contributed by atoms with Crippen LogP contribution in [0.25, 0.3) is 11.0 Å². The minimum absolute atomic E-state index is 0.00141. The molecule has 0 fully saturated rings. The van der Waals surface area contributed by atoms with E-state index in [0.29, 0.717) is 38.2 Å². The Balaban J connectivity index is 1.87. The van der Waals surface area contributed by atoms with Crippen LogP contribution in [0, 0.1) is 20.8 Å². The molecule has 1 aliphatic rings. The summed E-state index contributed by atoms with van der Waals surface area (Å²) in [5.41, 5.74) is 2.88. The van der Waals surface area contributed by atoms with Crippen molar-refractivity contribution in [2.24, 2.45) is 0 Å². The standard InChI is InChI=1S/C24H21N3O5S/c1-11-9-15-17(10-12(11)2)32-22-18(20(15)28)19(14-7-6-8-16(30-4)21(14)31-5)27(23(22)29)24-26-25-13(3)33-24/h6-10,19H,1-5H3. The summed E-state index contributed by atoms with van der Waals surface area (Å²) in [6, 6.07) is 8.14. The molecule has 2 aromatic carbocycles. The van der Waals surface area contributed by atoms with Crippen molar-refractivity contribution in [3.05, 3.63) is 73.6 Å². The number of aromatic nitrogens is 2. The van der Waals surface area contributed by atoms with E-state index in [1.165, 1.54) is 30.5 Å². The topological polar surface area (TPSA) is 94.8 Å². The van der Waals surface area contributed by atoms with E-state index >= 15 is 0 Å². The van der Waals surface area contributed by atoms with Crippen molar-refractivity contribution >= 4 is 33.3 Å². The fourth-order valence-electron chi connectivity index (χ4n) is 4.23. The van der Waals surface area contributed by atoms with Gasteiger partial charge < -0.3 is 13.9 Å².